The molecule has 0 saturated carbocycles. The molecule has 0 aliphatic carbocycles. The summed E-state index contributed by atoms with van der Waals surface area (Å²) in [5, 5.41) is 0. The van der Waals surface area contributed by atoms with Crippen LogP contribution >= 0.6 is 0 Å². The maximum atomic E-state index is 4.77. The maximum absolute atomic E-state index is 4.77. The van der Waals surface area contributed by atoms with Gasteiger partial charge in [0.2, 0.25) is 0 Å². The Morgan fingerprint density at radius 1 is 0.340 bits per heavy atom. The SMILES string of the molecule is CCC(C)c1ccc(-c2nc(-c3ccccc3)nc(-c3ccccc3)n2)cc1.CCC(C)c1nc(-c2ccccc2)nc(-c2ccccc2)n1. The molecule has 2 aromatic heterocycles. The third-order valence-electron chi connectivity index (χ3n) is 8.82. The second-order valence-corrected chi connectivity index (χ2v) is 12.4. The first kappa shape index (κ1) is 34.0. The molecule has 50 heavy (non-hydrogen) atoms. The lowest BCUT2D eigenvalue weighted by molar-refractivity contribution is 0.675. The van der Waals surface area contributed by atoms with Gasteiger partial charge in [0.1, 0.15) is 5.82 Å². The Morgan fingerprint density at radius 3 is 0.920 bits per heavy atom. The van der Waals surface area contributed by atoms with Crippen molar-refractivity contribution in [1.29, 1.82) is 0 Å². The van der Waals surface area contributed by atoms with Crippen LogP contribution in [0.3, 0.4) is 0 Å². The van der Waals surface area contributed by atoms with Crippen molar-refractivity contribution in [1.82, 2.24) is 29.9 Å². The van der Waals surface area contributed by atoms with Crippen LogP contribution < -0.4 is 0 Å². The van der Waals surface area contributed by atoms with Gasteiger partial charge in [0.15, 0.2) is 29.1 Å². The van der Waals surface area contributed by atoms with Gasteiger partial charge in [0.05, 0.1) is 0 Å². The van der Waals surface area contributed by atoms with Crippen molar-refractivity contribution in [3.63, 3.8) is 0 Å². The molecule has 0 fully saturated rings. The van der Waals surface area contributed by atoms with E-state index in [2.05, 4.69) is 66.9 Å². The first-order chi connectivity index (χ1) is 24.5. The smallest absolute Gasteiger partial charge is 0.164 e. The topological polar surface area (TPSA) is 77.3 Å². The normalized spacial score (nSPS) is 12.0. The molecule has 2 unspecified atom stereocenters. The van der Waals surface area contributed by atoms with E-state index < -0.39 is 0 Å². The van der Waals surface area contributed by atoms with E-state index in [4.69, 9.17) is 15.0 Å². The van der Waals surface area contributed by atoms with Crippen LogP contribution in [0.4, 0.5) is 0 Å². The number of hydrogen-bond acceptors (Lipinski definition) is 6. The van der Waals surface area contributed by atoms with Gasteiger partial charge in [0.25, 0.3) is 0 Å². The van der Waals surface area contributed by atoms with Gasteiger partial charge in [-0.3, -0.25) is 0 Å². The molecule has 0 aliphatic rings. The summed E-state index contributed by atoms with van der Waals surface area (Å²) < 4.78 is 0. The van der Waals surface area contributed by atoms with Crippen LogP contribution in [0.1, 0.15) is 63.8 Å². The van der Waals surface area contributed by atoms with Crippen molar-refractivity contribution in [2.75, 3.05) is 0 Å². The fourth-order valence-corrected chi connectivity index (χ4v) is 5.36. The standard InChI is InChI=1S/C25H23N3.C19H19N3/c1-3-18(2)19-14-16-22(17-15-19)25-27-23(20-10-6-4-7-11-20)26-24(28-25)21-12-8-5-9-13-21;1-3-14(2)17-20-18(15-10-6-4-7-11-15)22-19(21-17)16-12-8-5-9-13-16/h4-18H,3H2,1-2H3;4-14H,3H2,1-2H3. The van der Waals surface area contributed by atoms with Crippen molar-refractivity contribution in [3.05, 3.63) is 157 Å². The molecule has 7 aromatic rings. The van der Waals surface area contributed by atoms with Crippen LogP contribution in [-0.4, -0.2) is 29.9 Å². The summed E-state index contributed by atoms with van der Waals surface area (Å²) in [6, 6.07) is 48.8. The van der Waals surface area contributed by atoms with Gasteiger partial charge < -0.3 is 0 Å². The van der Waals surface area contributed by atoms with Crippen molar-refractivity contribution < 1.29 is 0 Å². The maximum Gasteiger partial charge on any atom is 0.164 e. The Labute approximate surface area is 295 Å². The summed E-state index contributed by atoms with van der Waals surface area (Å²) in [4.78, 5) is 28.3. The first-order valence-electron chi connectivity index (χ1n) is 17.4. The van der Waals surface area contributed by atoms with Crippen LogP contribution in [0.15, 0.2) is 146 Å². The van der Waals surface area contributed by atoms with E-state index in [1.807, 2.05) is 121 Å². The van der Waals surface area contributed by atoms with Crippen molar-refractivity contribution >= 4 is 0 Å². The van der Waals surface area contributed by atoms with E-state index in [0.29, 0.717) is 29.3 Å². The van der Waals surface area contributed by atoms with Gasteiger partial charge >= 0.3 is 0 Å². The number of hydrogen-bond donors (Lipinski definition) is 0. The second-order valence-electron chi connectivity index (χ2n) is 12.4. The van der Waals surface area contributed by atoms with Crippen LogP contribution in [0.25, 0.3) is 56.9 Å². The fourth-order valence-electron chi connectivity index (χ4n) is 5.36. The Morgan fingerprint density at radius 2 is 0.620 bits per heavy atom. The first-order valence-corrected chi connectivity index (χ1v) is 17.4. The highest BCUT2D eigenvalue weighted by Gasteiger charge is 2.15. The van der Waals surface area contributed by atoms with Crippen LogP contribution in [0.2, 0.25) is 0 Å². The molecule has 0 amide bonds. The molecule has 0 N–H and O–H groups in total. The molecule has 5 aromatic carbocycles. The predicted molar refractivity (Wildman–Crippen MR) is 204 cm³/mol. The Kier molecular flexibility index (Phi) is 11.2. The van der Waals surface area contributed by atoms with Crippen molar-refractivity contribution in [2.45, 2.75) is 52.4 Å². The average molecular weight is 655 g/mol. The summed E-state index contributed by atoms with van der Waals surface area (Å²) >= 11 is 0. The molecule has 0 radical (unpaired) electrons. The average Bonchev–Trinajstić information content (AvgIpc) is 3.21. The van der Waals surface area contributed by atoms with Gasteiger partial charge in [-0.15, -0.1) is 0 Å². The van der Waals surface area contributed by atoms with Gasteiger partial charge in [-0.1, -0.05) is 173 Å². The Bertz CT molecular complexity index is 1970. The molecule has 0 spiro atoms. The van der Waals surface area contributed by atoms with E-state index in [0.717, 1.165) is 58.1 Å². The molecule has 0 bridgehead atoms. The van der Waals surface area contributed by atoms with Gasteiger partial charge in [-0.05, 0) is 24.3 Å². The Balaban J connectivity index is 0.000000178. The molecular weight excluding hydrogens is 613 g/mol. The van der Waals surface area contributed by atoms with Gasteiger partial charge in [0, 0.05) is 33.7 Å². The molecule has 2 heterocycles. The van der Waals surface area contributed by atoms with Crippen molar-refractivity contribution in [2.24, 2.45) is 0 Å². The minimum absolute atomic E-state index is 0.313. The molecular formula is C44H42N6. The number of aromatic nitrogens is 6. The van der Waals surface area contributed by atoms with Crippen LogP contribution in [0, 0.1) is 0 Å². The van der Waals surface area contributed by atoms with Crippen LogP contribution in [0.5, 0.6) is 0 Å². The highest BCUT2D eigenvalue weighted by Crippen LogP contribution is 2.27. The largest absolute Gasteiger partial charge is 0.213 e. The monoisotopic (exact) mass is 654 g/mol. The zero-order valence-electron chi connectivity index (χ0n) is 29.1. The third kappa shape index (κ3) is 8.39. The minimum atomic E-state index is 0.313. The second kappa shape index (κ2) is 16.5. The van der Waals surface area contributed by atoms with E-state index in [1.54, 1.807) is 0 Å². The highest BCUT2D eigenvalue weighted by molar-refractivity contribution is 5.66. The molecule has 6 heteroatoms. The van der Waals surface area contributed by atoms with E-state index in [1.165, 1.54) is 5.56 Å². The summed E-state index contributed by atoms with van der Waals surface area (Å²) in [5.74, 6) is 5.28. The molecule has 7 rings (SSSR count). The zero-order chi connectivity index (χ0) is 34.7. The van der Waals surface area contributed by atoms with Crippen molar-refractivity contribution in [3.8, 4) is 56.9 Å². The molecule has 6 nitrogen and oxygen atoms in total. The number of benzene rings is 5. The molecule has 248 valence electrons. The van der Waals surface area contributed by atoms with E-state index >= 15 is 0 Å². The summed E-state index contributed by atoms with van der Waals surface area (Å²) in [7, 11) is 0. The molecule has 2 atom stereocenters. The summed E-state index contributed by atoms with van der Waals surface area (Å²) in [6.07, 6.45) is 2.13. The number of nitrogens with zero attached hydrogens (tertiary/aromatic N) is 6. The van der Waals surface area contributed by atoms with Gasteiger partial charge in [-0.25, -0.2) is 29.9 Å². The fraction of sp³-hybridized carbons (Fsp3) is 0.182. The van der Waals surface area contributed by atoms with E-state index in [-0.39, 0.29) is 0 Å². The molecule has 0 saturated heterocycles. The Hall–Kier alpha value is -5.88. The number of rotatable bonds is 9. The lowest BCUT2D eigenvalue weighted by Gasteiger charge is -2.11. The zero-order valence-corrected chi connectivity index (χ0v) is 29.1. The molecule has 0 aliphatic heterocycles. The lowest BCUT2D eigenvalue weighted by atomic mass is 9.97. The summed E-state index contributed by atoms with van der Waals surface area (Å²) in [5.41, 5.74) is 6.35. The van der Waals surface area contributed by atoms with Gasteiger partial charge in [-0.2, -0.15) is 0 Å². The lowest BCUT2D eigenvalue weighted by Crippen LogP contribution is -2.05. The third-order valence-corrected chi connectivity index (χ3v) is 8.82. The highest BCUT2D eigenvalue weighted by atomic mass is 15.0. The van der Waals surface area contributed by atoms with E-state index in [9.17, 15) is 0 Å². The quantitative estimate of drug-likeness (QED) is 0.154. The predicted octanol–water partition coefficient (Wildman–Crippen LogP) is 11.1. The van der Waals surface area contributed by atoms with Crippen LogP contribution in [-0.2, 0) is 0 Å². The summed E-state index contributed by atoms with van der Waals surface area (Å²) in [6.45, 7) is 8.76. The minimum Gasteiger partial charge on any atom is -0.213 e.